The molecule has 1 aliphatic carbocycles. The number of hydrogen-bond acceptors (Lipinski definition) is 3. The van der Waals surface area contributed by atoms with Crippen molar-refractivity contribution in [2.75, 3.05) is 5.73 Å². The zero-order valence-corrected chi connectivity index (χ0v) is 12.1. The van der Waals surface area contributed by atoms with Crippen LogP contribution in [0.25, 0.3) is 10.4 Å². The standard InChI is InChI=1S/C14H19N3S/c1-13(2)11(14(13,3)4)10-9(12(15)17-16-10)8-6-5-7-18-8/h5-7,11H,1-4H3,(H3,15,16,17). The molecular weight excluding hydrogens is 242 g/mol. The first-order valence-corrected chi connectivity index (χ1v) is 7.13. The van der Waals surface area contributed by atoms with Crippen LogP contribution in [0.2, 0.25) is 0 Å². The molecule has 0 amide bonds. The Kier molecular flexibility index (Phi) is 2.21. The summed E-state index contributed by atoms with van der Waals surface area (Å²) in [5, 5.41) is 9.47. The number of hydrogen-bond donors (Lipinski definition) is 2. The molecule has 4 heteroatoms. The van der Waals surface area contributed by atoms with Crippen LogP contribution in [0.5, 0.6) is 0 Å². The summed E-state index contributed by atoms with van der Waals surface area (Å²) >= 11 is 1.71. The maximum Gasteiger partial charge on any atom is 0.154 e. The third kappa shape index (κ3) is 1.32. The summed E-state index contributed by atoms with van der Waals surface area (Å²) < 4.78 is 0. The van der Waals surface area contributed by atoms with E-state index in [1.165, 1.54) is 10.6 Å². The molecule has 2 aromatic heterocycles. The van der Waals surface area contributed by atoms with Crippen LogP contribution in [0.1, 0.15) is 39.3 Å². The predicted molar refractivity (Wildman–Crippen MR) is 76.6 cm³/mol. The molecule has 0 aromatic carbocycles. The third-order valence-electron chi connectivity index (χ3n) is 4.90. The molecule has 1 aliphatic rings. The van der Waals surface area contributed by atoms with E-state index in [4.69, 9.17) is 5.73 Å². The quantitative estimate of drug-likeness (QED) is 0.862. The normalized spacial score (nSPS) is 21.1. The number of H-pyrrole nitrogens is 1. The molecule has 3 rings (SSSR count). The lowest BCUT2D eigenvalue weighted by atomic mass is 10.0. The van der Waals surface area contributed by atoms with Gasteiger partial charge < -0.3 is 5.73 Å². The highest BCUT2D eigenvalue weighted by Crippen LogP contribution is 2.74. The first kappa shape index (κ1) is 11.8. The van der Waals surface area contributed by atoms with Gasteiger partial charge in [0.25, 0.3) is 0 Å². The maximum absolute atomic E-state index is 6.04. The van der Waals surface area contributed by atoms with Crippen LogP contribution in [0.4, 0.5) is 5.82 Å². The molecule has 3 N–H and O–H groups in total. The monoisotopic (exact) mass is 261 g/mol. The minimum Gasteiger partial charge on any atom is -0.382 e. The minimum absolute atomic E-state index is 0.290. The lowest BCUT2D eigenvalue weighted by Crippen LogP contribution is -1.95. The molecule has 0 aliphatic heterocycles. The summed E-state index contributed by atoms with van der Waals surface area (Å²) in [5.41, 5.74) is 8.92. The average molecular weight is 261 g/mol. The zero-order valence-electron chi connectivity index (χ0n) is 11.2. The van der Waals surface area contributed by atoms with Gasteiger partial charge >= 0.3 is 0 Å². The molecule has 0 unspecified atom stereocenters. The second-order valence-electron chi connectivity index (χ2n) is 6.25. The number of aromatic amines is 1. The molecule has 18 heavy (non-hydrogen) atoms. The van der Waals surface area contributed by atoms with Crippen molar-refractivity contribution in [3.63, 3.8) is 0 Å². The number of nitrogens with two attached hydrogens (primary N) is 1. The van der Waals surface area contributed by atoms with Gasteiger partial charge in [0.1, 0.15) is 0 Å². The van der Waals surface area contributed by atoms with Crippen molar-refractivity contribution in [1.82, 2.24) is 10.2 Å². The number of nitrogen functional groups attached to an aromatic ring is 1. The van der Waals surface area contributed by atoms with Gasteiger partial charge in [0.15, 0.2) is 5.82 Å². The topological polar surface area (TPSA) is 54.7 Å². The fourth-order valence-corrected chi connectivity index (χ4v) is 3.97. The van der Waals surface area contributed by atoms with Crippen molar-refractivity contribution in [2.45, 2.75) is 33.6 Å². The molecule has 0 saturated heterocycles. The summed E-state index contributed by atoms with van der Waals surface area (Å²) in [6.45, 7) is 9.25. The number of nitrogens with one attached hydrogen (secondary N) is 1. The first-order valence-electron chi connectivity index (χ1n) is 6.25. The Morgan fingerprint density at radius 1 is 1.28 bits per heavy atom. The number of thiophene rings is 1. The molecule has 3 nitrogen and oxygen atoms in total. The van der Waals surface area contributed by atoms with Gasteiger partial charge in [-0.3, -0.25) is 5.10 Å². The van der Waals surface area contributed by atoms with E-state index in [0.29, 0.717) is 11.7 Å². The maximum atomic E-state index is 6.04. The van der Waals surface area contributed by atoms with Crippen molar-refractivity contribution < 1.29 is 0 Å². The molecule has 2 aromatic rings. The molecule has 2 heterocycles. The fourth-order valence-electron chi connectivity index (χ4n) is 3.18. The van der Waals surface area contributed by atoms with Crippen LogP contribution in [0.3, 0.4) is 0 Å². The van der Waals surface area contributed by atoms with E-state index < -0.39 is 0 Å². The van der Waals surface area contributed by atoms with Crippen LogP contribution in [0, 0.1) is 10.8 Å². The van der Waals surface area contributed by atoms with Crippen LogP contribution in [-0.4, -0.2) is 10.2 Å². The van der Waals surface area contributed by atoms with E-state index in [9.17, 15) is 0 Å². The summed E-state index contributed by atoms with van der Waals surface area (Å²) in [5.74, 6) is 1.11. The zero-order chi connectivity index (χ0) is 13.1. The van der Waals surface area contributed by atoms with Crippen molar-refractivity contribution in [2.24, 2.45) is 10.8 Å². The van der Waals surface area contributed by atoms with Crippen LogP contribution in [0.15, 0.2) is 17.5 Å². The summed E-state index contributed by atoms with van der Waals surface area (Å²) in [4.78, 5) is 1.20. The Hall–Kier alpha value is -1.29. The smallest absolute Gasteiger partial charge is 0.154 e. The van der Waals surface area contributed by atoms with E-state index >= 15 is 0 Å². The van der Waals surface area contributed by atoms with Crippen LogP contribution < -0.4 is 5.73 Å². The lowest BCUT2D eigenvalue weighted by molar-refractivity contribution is 0.457. The molecule has 1 fully saturated rings. The third-order valence-corrected chi connectivity index (χ3v) is 5.79. The summed E-state index contributed by atoms with van der Waals surface area (Å²) in [6.07, 6.45) is 0. The van der Waals surface area contributed by atoms with E-state index in [2.05, 4.69) is 55.4 Å². The molecule has 96 valence electrons. The van der Waals surface area contributed by atoms with Gasteiger partial charge in [0, 0.05) is 10.8 Å². The van der Waals surface area contributed by atoms with Gasteiger partial charge in [-0.25, -0.2) is 0 Å². The van der Waals surface area contributed by atoms with Gasteiger partial charge in [0.2, 0.25) is 0 Å². The number of aromatic nitrogens is 2. The molecule has 0 atom stereocenters. The second kappa shape index (κ2) is 3.38. The Morgan fingerprint density at radius 3 is 2.44 bits per heavy atom. The predicted octanol–water partition coefficient (Wildman–Crippen LogP) is 3.87. The average Bonchev–Trinajstić information content (AvgIpc) is 2.76. The van der Waals surface area contributed by atoms with Gasteiger partial charge in [-0.2, -0.15) is 5.10 Å². The van der Waals surface area contributed by atoms with E-state index in [1.54, 1.807) is 11.3 Å². The SMILES string of the molecule is CC1(C)C(c2[nH]nc(N)c2-c2cccs2)C1(C)C. The first-order chi connectivity index (χ1) is 8.37. The van der Waals surface area contributed by atoms with Crippen molar-refractivity contribution >= 4 is 17.2 Å². The van der Waals surface area contributed by atoms with E-state index in [-0.39, 0.29) is 10.8 Å². The second-order valence-corrected chi connectivity index (χ2v) is 7.20. The molecule has 1 saturated carbocycles. The molecule has 0 radical (unpaired) electrons. The van der Waals surface area contributed by atoms with Gasteiger partial charge in [0.05, 0.1) is 11.3 Å². The van der Waals surface area contributed by atoms with Gasteiger partial charge in [-0.15, -0.1) is 11.3 Å². The number of rotatable bonds is 2. The number of nitrogens with zero attached hydrogens (tertiary/aromatic N) is 1. The van der Waals surface area contributed by atoms with Crippen molar-refractivity contribution in [3.05, 3.63) is 23.2 Å². The Balaban J connectivity index is 2.11. The van der Waals surface area contributed by atoms with Gasteiger partial charge in [-0.05, 0) is 22.3 Å². The van der Waals surface area contributed by atoms with Crippen molar-refractivity contribution in [3.8, 4) is 10.4 Å². The molecule has 0 spiro atoms. The summed E-state index contributed by atoms with van der Waals surface area (Å²) in [7, 11) is 0. The Bertz CT molecular complexity index is 564. The fraction of sp³-hybridized carbons (Fsp3) is 0.500. The van der Waals surface area contributed by atoms with Crippen LogP contribution >= 0.6 is 11.3 Å². The molecular formula is C14H19N3S. The van der Waals surface area contributed by atoms with Crippen molar-refractivity contribution in [1.29, 1.82) is 0 Å². The molecule has 0 bridgehead atoms. The van der Waals surface area contributed by atoms with E-state index in [1.807, 2.05) is 0 Å². The van der Waals surface area contributed by atoms with Gasteiger partial charge in [-0.1, -0.05) is 33.8 Å². The largest absolute Gasteiger partial charge is 0.382 e. The summed E-state index contributed by atoms with van der Waals surface area (Å²) in [6, 6.07) is 4.16. The van der Waals surface area contributed by atoms with E-state index in [0.717, 1.165) is 5.56 Å². The highest BCUT2D eigenvalue weighted by atomic mass is 32.1. The number of anilines is 1. The highest BCUT2D eigenvalue weighted by molar-refractivity contribution is 7.13. The van der Waals surface area contributed by atoms with Crippen LogP contribution in [-0.2, 0) is 0 Å². The Morgan fingerprint density at radius 2 is 1.94 bits per heavy atom. The highest BCUT2D eigenvalue weighted by Gasteiger charge is 2.66. The minimum atomic E-state index is 0.290. The Labute approximate surface area is 111 Å². The lowest BCUT2D eigenvalue weighted by Gasteiger charge is -2.03.